The molecule has 0 aliphatic heterocycles. The Bertz CT molecular complexity index is 1570. The third-order valence-electron chi connectivity index (χ3n) is 8.47. The molecule has 0 spiro atoms. The maximum Gasteiger partial charge on any atom is 0.328 e. The largest absolute Gasteiger partial charge is 0.492 e. The summed E-state index contributed by atoms with van der Waals surface area (Å²) in [6.07, 6.45) is 5.08. The zero-order chi connectivity index (χ0) is 31.5. The standard InChI is InChI=1S/C38H40N2O5/c1-44-36(42)34(40-33-17-9-8-16-32(33)35(41)30-14-6-3-7-15-30)26-28-18-20-31(21-19-28)45-25-24-39-37(43)38(22-10-11-23-38)27-29-12-4-2-5-13-29/h2-9,12-21,34,40H,10-11,22-27H2,1H3,(H,39,43)/t34-/m0/s1. The minimum absolute atomic E-state index is 0.108. The van der Waals surface area contributed by atoms with Crippen LogP contribution in [-0.2, 0) is 27.2 Å². The number of para-hydroxylation sites is 1. The minimum atomic E-state index is -0.708. The molecular formula is C38H40N2O5. The number of anilines is 1. The van der Waals surface area contributed by atoms with Crippen LogP contribution in [0.15, 0.2) is 109 Å². The summed E-state index contributed by atoms with van der Waals surface area (Å²) in [5.74, 6) is 0.223. The molecule has 5 rings (SSSR count). The van der Waals surface area contributed by atoms with E-state index in [1.807, 2.05) is 66.7 Å². The molecule has 0 radical (unpaired) electrons. The van der Waals surface area contributed by atoms with E-state index in [4.69, 9.17) is 9.47 Å². The molecule has 232 valence electrons. The summed E-state index contributed by atoms with van der Waals surface area (Å²) in [5.41, 5.74) is 3.36. The molecule has 1 saturated carbocycles. The van der Waals surface area contributed by atoms with Gasteiger partial charge in [0.1, 0.15) is 18.4 Å². The lowest BCUT2D eigenvalue weighted by Gasteiger charge is -2.28. The average Bonchev–Trinajstić information content (AvgIpc) is 3.57. The first-order valence-electron chi connectivity index (χ1n) is 15.5. The van der Waals surface area contributed by atoms with Crippen molar-refractivity contribution >= 4 is 23.3 Å². The van der Waals surface area contributed by atoms with Crippen molar-refractivity contribution in [3.8, 4) is 5.75 Å². The van der Waals surface area contributed by atoms with Crippen LogP contribution in [0.5, 0.6) is 5.75 Å². The van der Waals surface area contributed by atoms with Gasteiger partial charge in [-0.3, -0.25) is 9.59 Å². The molecule has 0 aromatic heterocycles. The van der Waals surface area contributed by atoms with Crippen LogP contribution in [0.3, 0.4) is 0 Å². The molecule has 1 amide bonds. The van der Waals surface area contributed by atoms with E-state index < -0.39 is 12.0 Å². The lowest BCUT2D eigenvalue weighted by molar-refractivity contribution is -0.141. The normalized spacial score (nSPS) is 14.2. The second-order valence-electron chi connectivity index (χ2n) is 11.6. The molecule has 2 N–H and O–H groups in total. The fourth-order valence-corrected chi connectivity index (χ4v) is 6.08. The highest BCUT2D eigenvalue weighted by atomic mass is 16.5. The van der Waals surface area contributed by atoms with Crippen molar-refractivity contribution in [2.45, 2.75) is 44.6 Å². The van der Waals surface area contributed by atoms with Crippen molar-refractivity contribution < 1.29 is 23.9 Å². The first-order chi connectivity index (χ1) is 22.0. The molecule has 0 saturated heterocycles. The van der Waals surface area contributed by atoms with Crippen LogP contribution in [-0.4, -0.2) is 44.0 Å². The molecule has 45 heavy (non-hydrogen) atoms. The molecular weight excluding hydrogens is 564 g/mol. The van der Waals surface area contributed by atoms with Crippen molar-refractivity contribution in [3.05, 3.63) is 131 Å². The summed E-state index contributed by atoms with van der Waals surface area (Å²) in [6.45, 7) is 0.775. The van der Waals surface area contributed by atoms with Gasteiger partial charge in [-0.05, 0) is 54.7 Å². The summed E-state index contributed by atoms with van der Waals surface area (Å²) in [4.78, 5) is 39.2. The second kappa shape index (κ2) is 15.2. The molecule has 4 aromatic carbocycles. The van der Waals surface area contributed by atoms with Gasteiger partial charge in [0.15, 0.2) is 5.78 Å². The third-order valence-corrected chi connectivity index (χ3v) is 8.47. The van der Waals surface area contributed by atoms with Crippen molar-refractivity contribution in [3.63, 3.8) is 0 Å². The molecule has 7 nitrogen and oxygen atoms in total. The predicted molar refractivity (Wildman–Crippen MR) is 175 cm³/mol. The molecule has 4 aromatic rings. The van der Waals surface area contributed by atoms with Gasteiger partial charge < -0.3 is 20.1 Å². The minimum Gasteiger partial charge on any atom is -0.492 e. The van der Waals surface area contributed by atoms with E-state index in [2.05, 4.69) is 22.8 Å². The van der Waals surface area contributed by atoms with Crippen LogP contribution >= 0.6 is 0 Å². The number of carbonyl (C=O) groups excluding carboxylic acids is 3. The van der Waals surface area contributed by atoms with E-state index in [1.54, 1.807) is 30.3 Å². The Morgan fingerprint density at radius 1 is 0.778 bits per heavy atom. The maximum absolute atomic E-state index is 13.2. The van der Waals surface area contributed by atoms with Gasteiger partial charge in [0.25, 0.3) is 0 Å². The number of rotatable bonds is 14. The van der Waals surface area contributed by atoms with Crippen LogP contribution in [0, 0.1) is 5.41 Å². The van der Waals surface area contributed by atoms with E-state index in [9.17, 15) is 14.4 Å². The smallest absolute Gasteiger partial charge is 0.328 e. The molecule has 1 atom stereocenters. The Morgan fingerprint density at radius 3 is 2.11 bits per heavy atom. The van der Waals surface area contributed by atoms with Gasteiger partial charge >= 0.3 is 5.97 Å². The molecule has 7 heteroatoms. The number of esters is 1. The van der Waals surface area contributed by atoms with Crippen molar-refractivity contribution in [1.29, 1.82) is 0 Å². The number of carbonyl (C=O) groups is 3. The summed E-state index contributed by atoms with van der Waals surface area (Å²) in [6, 6.07) is 33.2. The van der Waals surface area contributed by atoms with Crippen molar-refractivity contribution in [1.82, 2.24) is 5.32 Å². The van der Waals surface area contributed by atoms with Crippen LogP contribution in [0.25, 0.3) is 0 Å². The summed E-state index contributed by atoms with van der Waals surface area (Å²) in [7, 11) is 1.35. The number of ketones is 1. The number of hydrogen-bond donors (Lipinski definition) is 2. The van der Waals surface area contributed by atoms with Crippen molar-refractivity contribution in [2.75, 3.05) is 25.6 Å². The summed E-state index contributed by atoms with van der Waals surface area (Å²) in [5, 5.41) is 6.35. The van der Waals surface area contributed by atoms with E-state index in [0.717, 1.165) is 37.7 Å². The Morgan fingerprint density at radius 2 is 1.42 bits per heavy atom. The molecule has 0 unspecified atom stereocenters. The number of benzene rings is 4. The van der Waals surface area contributed by atoms with Crippen LogP contribution < -0.4 is 15.4 Å². The Kier molecular flexibility index (Phi) is 10.6. The van der Waals surface area contributed by atoms with Gasteiger partial charge in [-0.2, -0.15) is 0 Å². The van der Waals surface area contributed by atoms with Gasteiger partial charge in [-0.1, -0.05) is 97.8 Å². The molecule has 0 heterocycles. The number of ether oxygens (including phenoxy) is 2. The third kappa shape index (κ3) is 8.18. The van der Waals surface area contributed by atoms with Gasteiger partial charge in [-0.15, -0.1) is 0 Å². The second-order valence-corrected chi connectivity index (χ2v) is 11.6. The highest BCUT2D eigenvalue weighted by Crippen LogP contribution is 2.41. The van der Waals surface area contributed by atoms with Crippen molar-refractivity contribution in [2.24, 2.45) is 5.41 Å². The first kappa shape index (κ1) is 31.5. The summed E-state index contributed by atoms with van der Waals surface area (Å²) >= 11 is 0. The van der Waals surface area contributed by atoms with Gasteiger partial charge in [-0.25, -0.2) is 4.79 Å². The number of nitrogens with one attached hydrogen (secondary N) is 2. The van der Waals surface area contributed by atoms with Crippen LogP contribution in [0.2, 0.25) is 0 Å². The van der Waals surface area contributed by atoms with Gasteiger partial charge in [0.05, 0.1) is 19.1 Å². The lowest BCUT2D eigenvalue weighted by Crippen LogP contribution is -2.42. The van der Waals surface area contributed by atoms with E-state index in [1.165, 1.54) is 12.7 Å². The molecule has 1 aliphatic rings. The highest BCUT2D eigenvalue weighted by Gasteiger charge is 2.40. The molecule has 1 fully saturated rings. The lowest BCUT2D eigenvalue weighted by atomic mass is 9.79. The van der Waals surface area contributed by atoms with Crippen LogP contribution in [0.1, 0.15) is 52.7 Å². The summed E-state index contributed by atoms with van der Waals surface area (Å²) < 4.78 is 11.0. The number of hydrogen-bond acceptors (Lipinski definition) is 6. The van der Waals surface area contributed by atoms with E-state index in [0.29, 0.717) is 42.1 Å². The first-order valence-corrected chi connectivity index (χ1v) is 15.5. The number of amides is 1. The van der Waals surface area contributed by atoms with Gasteiger partial charge in [0, 0.05) is 23.2 Å². The molecule has 1 aliphatic carbocycles. The topological polar surface area (TPSA) is 93.7 Å². The zero-order valence-electron chi connectivity index (χ0n) is 25.7. The fourth-order valence-electron chi connectivity index (χ4n) is 6.08. The van der Waals surface area contributed by atoms with E-state index >= 15 is 0 Å². The molecule has 0 bridgehead atoms. The van der Waals surface area contributed by atoms with Crippen LogP contribution in [0.4, 0.5) is 5.69 Å². The SMILES string of the molecule is COC(=O)[C@H](Cc1ccc(OCCNC(=O)C2(Cc3ccccc3)CCCC2)cc1)Nc1ccccc1C(=O)c1ccccc1. The quantitative estimate of drug-likeness (QED) is 0.0982. The average molecular weight is 605 g/mol. The Labute approximate surface area is 265 Å². The highest BCUT2D eigenvalue weighted by molar-refractivity contribution is 6.12. The zero-order valence-corrected chi connectivity index (χ0v) is 25.7. The Hall–Kier alpha value is -4.91. The Balaban J connectivity index is 1.15. The predicted octanol–water partition coefficient (Wildman–Crippen LogP) is 6.41. The fraction of sp³-hybridized carbons (Fsp3) is 0.289. The monoisotopic (exact) mass is 604 g/mol. The maximum atomic E-state index is 13.2. The van der Waals surface area contributed by atoms with E-state index in [-0.39, 0.29) is 17.1 Å². The number of methoxy groups -OCH3 is 1. The van der Waals surface area contributed by atoms with Gasteiger partial charge in [0.2, 0.25) is 5.91 Å².